The van der Waals surface area contributed by atoms with Gasteiger partial charge in [0.05, 0.1) is 0 Å². The second kappa shape index (κ2) is 11.4. The molecular formula is C45H44Si. The smallest absolute Gasteiger partial charge is 0.0877 e. The van der Waals surface area contributed by atoms with Crippen molar-refractivity contribution in [3.8, 4) is 33.4 Å². The molecule has 0 N–H and O–H groups in total. The van der Waals surface area contributed by atoms with E-state index in [1.165, 1.54) is 71.6 Å². The molecule has 0 nitrogen and oxygen atoms in total. The highest BCUT2D eigenvalue weighted by atomic mass is 28.3. The van der Waals surface area contributed by atoms with Gasteiger partial charge in [-0.2, -0.15) is 0 Å². The van der Waals surface area contributed by atoms with Crippen molar-refractivity contribution in [1.29, 1.82) is 0 Å². The van der Waals surface area contributed by atoms with Gasteiger partial charge in [-0.05, 0) is 113 Å². The molecule has 0 aromatic heterocycles. The Labute approximate surface area is 276 Å². The van der Waals surface area contributed by atoms with Crippen molar-refractivity contribution in [3.63, 3.8) is 0 Å². The number of hydrogen-bond acceptors (Lipinski definition) is 0. The molecule has 0 atom stereocenters. The first-order valence-corrected chi connectivity index (χ1v) is 19.8. The van der Waals surface area contributed by atoms with Crippen molar-refractivity contribution < 1.29 is 0 Å². The molecule has 6 aromatic rings. The van der Waals surface area contributed by atoms with Gasteiger partial charge in [0.1, 0.15) is 8.07 Å². The first-order valence-electron chi connectivity index (χ1n) is 16.8. The highest BCUT2D eigenvalue weighted by Crippen LogP contribution is 2.46. The van der Waals surface area contributed by atoms with Crippen molar-refractivity contribution in [2.24, 2.45) is 0 Å². The summed E-state index contributed by atoms with van der Waals surface area (Å²) in [6, 6.07) is 41.9. The Morgan fingerprint density at radius 1 is 0.630 bits per heavy atom. The summed E-state index contributed by atoms with van der Waals surface area (Å²) in [5.41, 5.74) is 12.2. The summed E-state index contributed by atoms with van der Waals surface area (Å²) in [5.74, 6) is 0. The number of benzene rings is 6. The van der Waals surface area contributed by atoms with Gasteiger partial charge >= 0.3 is 0 Å². The maximum atomic E-state index is 2.59. The number of fused-ring (bicyclic) bond motifs is 5. The number of rotatable bonds is 5. The van der Waals surface area contributed by atoms with Crippen LogP contribution >= 0.6 is 0 Å². The lowest BCUT2D eigenvalue weighted by Gasteiger charge is -2.23. The van der Waals surface area contributed by atoms with Gasteiger partial charge in [0.2, 0.25) is 0 Å². The fourth-order valence-electron chi connectivity index (χ4n) is 7.61. The van der Waals surface area contributed by atoms with Gasteiger partial charge in [-0.3, -0.25) is 0 Å². The summed E-state index contributed by atoms with van der Waals surface area (Å²) in [6.07, 6.45) is 7.53. The third kappa shape index (κ3) is 4.89. The average Bonchev–Trinajstić information content (AvgIpc) is 3.28. The van der Waals surface area contributed by atoms with Crippen LogP contribution in [0.3, 0.4) is 0 Å². The zero-order chi connectivity index (χ0) is 32.2. The summed E-state index contributed by atoms with van der Waals surface area (Å²) in [4.78, 5) is 0. The van der Waals surface area contributed by atoms with E-state index in [2.05, 4.69) is 175 Å². The van der Waals surface area contributed by atoms with E-state index in [0.717, 1.165) is 6.42 Å². The lowest BCUT2D eigenvalue weighted by Crippen LogP contribution is -2.49. The van der Waals surface area contributed by atoms with Crippen molar-refractivity contribution in [2.45, 2.75) is 59.5 Å². The monoisotopic (exact) mass is 612 g/mol. The van der Waals surface area contributed by atoms with E-state index in [-0.39, 0.29) is 5.41 Å². The molecule has 7 rings (SSSR count). The largest absolute Gasteiger partial charge is 0.113 e. The molecule has 1 heteroatoms. The van der Waals surface area contributed by atoms with Crippen LogP contribution in [0, 0.1) is 0 Å². The van der Waals surface area contributed by atoms with Gasteiger partial charge in [0, 0.05) is 0 Å². The second-order valence-corrected chi connectivity index (χ2v) is 18.7. The molecule has 0 amide bonds. The zero-order valence-electron chi connectivity index (χ0n) is 28.3. The van der Waals surface area contributed by atoms with E-state index in [1.54, 1.807) is 10.4 Å². The first kappa shape index (κ1) is 30.2. The summed E-state index contributed by atoms with van der Waals surface area (Å²) in [5, 5.41) is 8.41. The quantitative estimate of drug-likeness (QED) is 0.103. The summed E-state index contributed by atoms with van der Waals surface area (Å²) < 4.78 is 0. The number of allylic oxidation sites excluding steroid dienone is 4. The highest BCUT2D eigenvalue weighted by Gasteiger charge is 2.38. The Hall–Kier alpha value is -4.46. The predicted molar refractivity (Wildman–Crippen MR) is 206 cm³/mol. The molecule has 0 saturated carbocycles. The molecule has 0 spiro atoms. The molecule has 1 aliphatic heterocycles. The molecule has 1 aliphatic rings. The van der Waals surface area contributed by atoms with Crippen LogP contribution in [-0.2, 0) is 5.41 Å². The summed E-state index contributed by atoms with van der Waals surface area (Å²) in [7, 11) is -1.88. The summed E-state index contributed by atoms with van der Waals surface area (Å²) >= 11 is 0. The highest BCUT2D eigenvalue weighted by molar-refractivity contribution is 7.04. The van der Waals surface area contributed by atoms with E-state index in [9.17, 15) is 0 Å². The van der Waals surface area contributed by atoms with Crippen LogP contribution in [-0.4, -0.2) is 8.07 Å². The van der Waals surface area contributed by atoms with E-state index < -0.39 is 8.07 Å². The molecule has 46 heavy (non-hydrogen) atoms. The Bertz CT molecular complexity index is 2170. The van der Waals surface area contributed by atoms with E-state index >= 15 is 0 Å². The van der Waals surface area contributed by atoms with Gasteiger partial charge in [-0.15, -0.1) is 0 Å². The van der Waals surface area contributed by atoms with Gasteiger partial charge in [0.25, 0.3) is 0 Å². The lowest BCUT2D eigenvalue weighted by atomic mass is 9.82. The predicted octanol–water partition coefficient (Wildman–Crippen LogP) is 11.8. The number of hydrogen-bond donors (Lipinski definition) is 0. The minimum Gasteiger partial charge on any atom is -0.0877 e. The van der Waals surface area contributed by atoms with Gasteiger partial charge < -0.3 is 0 Å². The fourth-order valence-corrected chi connectivity index (χ4v) is 10.7. The van der Waals surface area contributed by atoms with Gasteiger partial charge in [0.15, 0.2) is 0 Å². The first-order chi connectivity index (χ1) is 22.1. The minimum absolute atomic E-state index is 0.102. The van der Waals surface area contributed by atoms with Gasteiger partial charge in [-0.1, -0.05) is 156 Å². The zero-order valence-corrected chi connectivity index (χ0v) is 29.3. The van der Waals surface area contributed by atoms with Crippen LogP contribution in [0.5, 0.6) is 0 Å². The molecule has 0 fully saturated rings. The average molecular weight is 613 g/mol. The fraction of sp³-hybridized carbons (Fsp3) is 0.200. The molecule has 228 valence electrons. The molecule has 1 heterocycles. The third-order valence-electron chi connectivity index (χ3n) is 10.2. The van der Waals surface area contributed by atoms with Crippen LogP contribution in [0.1, 0.15) is 52.2 Å². The molecule has 0 radical (unpaired) electrons. The van der Waals surface area contributed by atoms with E-state index in [4.69, 9.17) is 0 Å². The van der Waals surface area contributed by atoms with Crippen LogP contribution in [0.4, 0.5) is 0 Å². The molecule has 6 aromatic carbocycles. The molecular weight excluding hydrogens is 569 g/mol. The summed E-state index contributed by atoms with van der Waals surface area (Å²) in [6.45, 7) is 16.3. The van der Waals surface area contributed by atoms with E-state index in [1.807, 2.05) is 0 Å². The van der Waals surface area contributed by atoms with Crippen molar-refractivity contribution in [3.05, 3.63) is 139 Å². The maximum absolute atomic E-state index is 2.59. The van der Waals surface area contributed by atoms with Crippen molar-refractivity contribution in [1.82, 2.24) is 0 Å². The standard InChI is InChI=1S/C45H44Si/c1-8-10-16-30(9-2)33-23-26-36-38(27-33)44(31-17-12-11-13-18-31)40-29-42-37(35-19-14-15-20-41(35)46(42,6)7)28-39(40)43(36)32-21-24-34(25-22-32)45(3,4)5/h8,10-29H,9H2,1-7H3. The maximum Gasteiger partial charge on any atom is 0.113 e. The Morgan fingerprint density at radius 3 is 1.96 bits per heavy atom. The van der Waals surface area contributed by atoms with Crippen LogP contribution < -0.4 is 10.4 Å². The van der Waals surface area contributed by atoms with Crippen LogP contribution in [0.2, 0.25) is 13.1 Å². The van der Waals surface area contributed by atoms with E-state index in [0.29, 0.717) is 0 Å². The molecule has 0 unspecified atom stereocenters. The normalized spacial score (nSPS) is 14.3. The topological polar surface area (TPSA) is 0 Å². The van der Waals surface area contributed by atoms with Crippen molar-refractivity contribution >= 4 is 45.6 Å². The lowest BCUT2D eigenvalue weighted by molar-refractivity contribution is 0.590. The minimum atomic E-state index is -1.88. The van der Waals surface area contributed by atoms with Gasteiger partial charge in [-0.25, -0.2) is 0 Å². The Kier molecular flexibility index (Phi) is 7.49. The Morgan fingerprint density at radius 2 is 1.26 bits per heavy atom. The SMILES string of the molecule is CC=CC=C(CC)c1ccc2c(-c3ccc(C(C)(C)C)cc3)c3cc4c(cc3c(-c3ccccc3)c2c1)[Si](C)(C)c1ccccc1-4. The molecule has 0 bridgehead atoms. The molecule has 0 saturated heterocycles. The second-order valence-electron chi connectivity index (χ2n) is 14.4. The molecule has 0 aliphatic carbocycles. The van der Waals surface area contributed by atoms with Crippen LogP contribution in [0.15, 0.2) is 127 Å². The third-order valence-corrected chi connectivity index (χ3v) is 13.7. The Balaban J connectivity index is 1.66. The van der Waals surface area contributed by atoms with Crippen LogP contribution in [0.25, 0.3) is 60.5 Å². The van der Waals surface area contributed by atoms with Crippen molar-refractivity contribution in [2.75, 3.05) is 0 Å².